The first-order valence-electron chi connectivity index (χ1n) is 10.2. The van der Waals surface area contributed by atoms with Crippen molar-refractivity contribution in [3.63, 3.8) is 0 Å². The summed E-state index contributed by atoms with van der Waals surface area (Å²) in [5.74, 6) is -0.899. The second-order valence-electron chi connectivity index (χ2n) is 6.92. The zero-order chi connectivity index (χ0) is 18.9. The molecular weight excluding hydrogens is 328 g/mol. The molecule has 0 fully saturated rings. The van der Waals surface area contributed by atoms with Crippen LogP contribution >= 0.6 is 0 Å². The van der Waals surface area contributed by atoms with Crippen LogP contribution in [-0.2, 0) is 20.9 Å². The molecule has 0 bridgehead atoms. The highest BCUT2D eigenvalue weighted by Gasteiger charge is 2.17. The average Bonchev–Trinajstić information content (AvgIpc) is 2.65. The molecule has 4 nitrogen and oxygen atoms in total. The highest BCUT2D eigenvalue weighted by Crippen LogP contribution is 2.13. The first-order valence-corrected chi connectivity index (χ1v) is 10.2. The van der Waals surface area contributed by atoms with Crippen molar-refractivity contribution < 1.29 is 19.4 Å². The number of hydrogen-bond donors (Lipinski definition) is 1. The van der Waals surface area contributed by atoms with Crippen LogP contribution in [-0.4, -0.2) is 24.0 Å². The van der Waals surface area contributed by atoms with Gasteiger partial charge in [-0.15, -0.1) is 0 Å². The summed E-state index contributed by atoms with van der Waals surface area (Å²) in [4.78, 5) is 11.3. The molecule has 1 aromatic rings. The molecule has 1 atom stereocenters. The minimum Gasteiger partial charge on any atom is -0.479 e. The van der Waals surface area contributed by atoms with Crippen LogP contribution in [0.25, 0.3) is 0 Å². The van der Waals surface area contributed by atoms with Gasteiger partial charge in [-0.2, -0.15) is 0 Å². The Morgan fingerprint density at radius 3 is 2.08 bits per heavy atom. The van der Waals surface area contributed by atoms with E-state index in [0.29, 0.717) is 13.0 Å². The minimum absolute atomic E-state index is 0.0175. The molecule has 0 spiro atoms. The van der Waals surface area contributed by atoms with Crippen LogP contribution in [0.3, 0.4) is 0 Å². The zero-order valence-electron chi connectivity index (χ0n) is 16.3. The van der Waals surface area contributed by atoms with Crippen LogP contribution in [0.4, 0.5) is 0 Å². The van der Waals surface area contributed by atoms with Gasteiger partial charge in [0.15, 0.2) is 6.10 Å². The topological polar surface area (TPSA) is 55.8 Å². The quantitative estimate of drug-likeness (QED) is 0.274. The van der Waals surface area contributed by atoms with Gasteiger partial charge in [0.2, 0.25) is 0 Å². The van der Waals surface area contributed by atoms with Crippen molar-refractivity contribution in [3.8, 4) is 0 Å². The molecule has 26 heavy (non-hydrogen) atoms. The largest absolute Gasteiger partial charge is 0.479 e. The summed E-state index contributed by atoms with van der Waals surface area (Å²) in [5.41, 5.74) is 1.05. The predicted octanol–water partition coefficient (Wildman–Crippen LogP) is 5.94. The first-order chi connectivity index (χ1) is 12.7. The smallest absolute Gasteiger partial charge is 0.332 e. The third-order valence-electron chi connectivity index (χ3n) is 4.56. The van der Waals surface area contributed by atoms with Crippen molar-refractivity contribution >= 4 is 5.97 Å². The molecule has 148 valence electrons. The molecule has 1 unspecified atom stereocenters. The van der Waals surface area contributed by atoms with E-state index < -0.39 is 12.1 Å². The molecule has 0 aliphatic rings. The summed E-state index contributed by atoms with van der Waals surface area (Å²) in [6.07, 6.45) is 12.2. The zero-order valence-corrected chi connectivity index (χ0v) is 16.3. The van der Waals surface area contributed by atoms with E-state index in [0.717, 1.165) is 18.4 Å². The lowest BCUT2D eigenvalue weighted by molar-refractivity contribution is -0.162. The number of carbonyl (C=O) groups is 1. The summed E-state index contributed by atoms with van der Waals surface area (Å²) in [7, 11) is 0. The van der Waals surface area contributed by atoms with E-state index in [1.54, 1.807) is 0 Å². The Kier molecular flexibility index (Phi) is 13.8. The lowest BCUT2D eigenvalue weighted by atomic mass is 10.0. The molecule has 1 N–H and O–H groups in total. The maximum atomic E-state index is 11.3. The van der Waals surface area contributed by atoms with E-state index >= 15 is 0 Å². The van der Waals surface area contributed by atoms with E-state index in [9.17, 15) is 9.90 Å². The SMILES string of the molecule is CCCCCCCCCCCCC(OCOCc1ccccc1)C(=O)O. The second kappa shape index (κ2) is 15.8. The minimum atomic E-state index is -0.899. The van der Waals surface area contributed by atoms with Crippen LogP contribution in [0.2, 0.25) is 0 Å². The molecule has 0 aliphatic carbocycles. The Morgan fingerprint density at radius 1 is 0.923 bits per heavy atom. The number of carboxylic acids is 1. The van der Waals surface area contributed by atoms with E-state index in [-0.39, 0.29) is 6.79 Å². The Bertz CT molecular complexity index is 447. The van der Waals surface area contributed by atoms with E-state index in [4.69, 9.17) is 9.47 Å². The van der Waals surface area contributed by atoms with Crippen LogP contribution in [0.15, 0.2) is 30.3 Å². The lowest BCUT2D eigenvalue weighted by Crippen LogP contribution is -2.25. The van der Waals surface area contributed by atoms with Gasteiger partial charge in [-0.05, 0) is 12.0 Å². The second-order valence-corrected chi connectivity index (χ2v) is 6.92. The highest BCUT2D eigenvalue weighted by molar-refractivity contribution is 5.72. The van der Waals surface area contributed by atoms with Crippen molar-refractivity contribution in [1.29, 1.82) is 0 Å². The molecule has 0 heterocycles. The van der Waals surface area contributed by atoms with Crippen LogP contribution in [0.1, 0.15) is 83.1 Å². The molecule has 1 rings (SSSR count). The van der Waals surface area contributed by atoms with Gasteiger partial charge < -0.3 is 14.6 Å². The van der Waals surface area contributed by atoms with E-state index in [1.165, 1.54) is 51.4 Å². The van der Waals surface area contributed by atoms with Gasteiger partial charge in [-0.1, -0.05) is 101 Å². The Morgan fingerprint density at radius 2 is 1.50 bits per heavy atom. The lowest BCUT2D eigenvalue weighted by Gasteiger charge is -2.14. The standard InChI is InChI=1S/C22H36O4/c1-2-3-4-5-6-7-8-9-10-14-17-21(22(23)24)26-19-25-18-20-15-12-11-13-16-20/h11-13,15-16,21H,2-10,14,17-19H2,1H3,(H,23,24). The molecular formula is C22H36O4. The fourth-order valence-electron chi connectivity index (χ4n) is 2.96. The Hall–Kier alpha value is -1.39. The fraction of sp³-hybridized carbons (Fsp3) is 0.682. The summed E-state index contributed by atoms with van der Waals surface area (Å²) < 4.78 is 10.8. The van der Waals surface area contributed by atoms with Crippen molar-refractivity contribution in [2.45, 2.75) is 90.3 Å². The van der Waals surface area contributed by atoms with Crippen LogP contribution in [0, 0.1) is 0 Å². The molecule has 4 heteroatoms. The maximum absolute atomic E-state index is 11.3. The number of ether oxygens (including phenoxy) is 2. The molecule has 0 aromatic heterocycles. The Balaban J connectivity index is 2.00. The summed E-state index contributed by atoms with van der Waals surface area (Å²) >= 11 is 0. The molecule has 0 saturated carbocycles. The third kappa shape index (κ3) is 12.0. The normalized spacial score (nSPS) is 12.2. The predicted molar refractivity (Wildman–Crippen MR) is 105 cm³/mol. The number of carboxylic acid groups (broad SMARTS) is 1. The Labute approximate surface area is 158 Å². The number of aliphatic carboxylic acids is 1. The van der Waals surface area contributed by atoms with Gasteiger partial charge in [-0.3, -0.25) is 0 Å². The van der Waals surface area contributed by atoms with Gasteiger partial charge in [0.1, 0.15) is 6.79 Å². The van der Waals surface area contributed by atoms with E-state index in [1.807, 2.05) is 30.3 Å². The molecule has 0 saturated heterocycles. The average molecular weight is 365 g/mol. The fourth-order valence-corrected chi connectivity index (χ4v) is 2.96. The molecule has 0 aliphatic heterocycles. The number of benzene rings is 1. The third-order valence-corrected chi connectivity index (χ3v) is 4.56. The van der Waals surface area contributed by atoms with Gasteiger partial charge in [0.05, 0.1) is 6.61 Å². The summed E-state index contributed by atoms with van der Waals surface area (Å²) in [6, 6.07) is 9.79. The van der Waals surface area contributed by atoms with Gasteiger partial charge in [-0.25, -0.2) is 4.79 Å². The van der Waals surface area contributed by atoms with Crippen LogP contribution in [0.5, 0.6) is 0 Å². The summed E-state index contributed by atoms with van der Waals surface area (Å²) in [6.45, 7) is 2.69. The summed E-state index contributed by atoms with van der Waals surface area (Å²) in [5, 5.41) is 9.25. The van der Waals surface area contributed by atoms with Crippen molar-refractivity contribution in [2.75, 3.05) is 6.79 Å². The van der Waals surface area contributed by atoms with Crippen LogP contribution < -0.4 is 0 Å². The monoisotopic (exact) mass is 364 g/mol. The number of rotatable bonds is 17. The number of hydrogen-bond acceptors (Lipinski definition) is 3. The molecule has 0 amide bonds. The van der Waals surface area contributed by atoms with Gasteiger partial charge in [0.25, 0.3) is 0 Å². The first kappa shape index (κ1) is 22.7. The van der Waals surface area contributed by atoms with Crippen molar-refractivity contribution in [1.82, 2.24) is 0 Å². The maximum Gasteiger partial charge on any atom is 0.332 e. The highest BCUT2D eigenvalue weighted by atomic mass is 16.7. The molecule has 1 aromatic carbocycles. The van der Waals surface area contributed by atoms with Gasteiger partial charge >= 0.3 is 5.97 Å². The number of unbranched alkanes of at least 4 members (excludes halogenated alkanes) is 9. The molecule has 0 radical (unpaired) electrons. The van der Waals surface area contributed by atoms with E-state index in [2.05, 4.69) is 6.92 Å². The van der Waals surface area contributed by atoms with Crippen molar-refractivity contribution in [3.05, 3.63) is 35.9 Å². The van der Waals surface area contributed by atoms with Gasteiger partial charge in [0, 0.05) is 0 Å². The van der Waals surface area contributed by atoms with Crippen molar-refractivity contribution in [2.24, 2.45) is 0 Å².